The van der Waals surface area contributed by atoms with Crippen molar-refractivity contribution in [1.82, 2.24) is 0 Å². The fourth-order valence-corrected chi connectivity index (χ4v) is 11.3. The highest BCUT2D eigenvalue weighted by molar-refractivity contribution is 5.90. The van der Waals surface area contributed by atoms with E-state index in [1.165, 1.54) is 14.0 Å². The Labute approximate surface area is 235 Å². The van der Waals surface area contributed by atoms with Crippen LogP contribution in [0.5, 0.6) is 0 Å². The van der Waals surface area contributed by atoms with Crippen LogP contribution in [-0.2, 0) is 23.9 Å². The number of methoxy groups -OCH3 is 1. The van der Waals surface area contributed by atoms with E-state index >= 15 is 0 Å². The van der Waals surface area contributed by atoms with Crippen molar-refractivity contribution < 1.29 is 29.0 Å². The minimum Gasteiger partial charge on any atom is -0.469 e. The van der Waals surface area contributed by atoms with E-state index in [0.717, 1.165) is 44.9 Å². The molecule has 0 aromatic heterocycles. The maximum Gasteiger partial charge on any atom is 0.311 e. The molecule has 10 atom stereocenters. The topological polar surface area (TPSA) is 89.9 Å². The molecule has 5 fully saturated rings. The van der Waals surface area contributed by atoms with Gasteiger partial charge in [-0.05, 0) is 93.8 Å². The first-order valence-electron chi connectivity index (χ1n) is 15.4. The molecule has 0 aromatic carbocycles. The van der Waals surface area contributed by atoms with Gasteiger partial charge in [0.25, 0.3) is 0 Å². The zero-order chi connectivity index (χ0) is 29.0. The van der Waals surface area contributed by atoms with Crippen molar-refractivity contribution in [2.45, 2.75) is 131 Å². The molecule has 220 valence electrons. The Hall–Kier alpha value is -1.43. The van der Waals surface area contributed by atoms with Gasteiger partial charge >= 0.3 is 11.9 Å². The normalized spacial score (nSPS) is 52.4. The maximum atomic E-state index is 14.9. The maximum absolute atomic E-state index is 14.9. The van der Waals surface area contributed by atoms with E-state index < -0.39 is 27.8 Å². The third kappa shape index (κ3) is 3.57. The fraction of sp³-hybridized carbons (Fsp3) is 0.909. The summed E-state index contributed by atoms with van der Waals surface area (Å²) < 4.78 is 11.1. The lowest BCUT2D eigenvalue weighted by molar-refractivity contribution is -0.186. The highest BCUT2D eigenvalue weighted by Crippen LogP contribution is 2.74. The average molecular weight is 545 g/mol. The number of rotatable bonds is 2. The zero-order valence-electron chi connectivity index (χ0n) is 25.9. The van der Waals surface area contributed by atoms with Gasteiger partial charge in [-0.1, -0.05) is 41.5 Å². The Kier molecular flexibility index (Phi) is 6.37. The van der Waals surface area contributed by atoms with E-state index in [0.29, 0.717) is 19.3 Å². The third-order valence-corrected chi connectivity index (χ3v) is 14.3. The molecule has 5 aliphatic rings. The second kappa shape index (κ2) is 8.55. The van der Waals surface area contributed by atoms with Gasteiger partial charge < -0.3 is 14.6 Å². The summed E-state index contributed by atoms with van der Waals surface area (Å²) in [6.45, 7) is 16.9. The number of carbonyl (C=O) groups is 3. The van der Waals surface area contributed by atoms with Gasteiger partial charge in [0.05, 0.1) is 18.1 Å². The van der Waals surface area contributed by atoms with Crippen molar-refractivity contribution in [1.29, 1.82) is 0 Å². The standard InChI is InChI=1S/C33H52O6/c1-20(34)39-24-10-11-31(7)22(27(24,2)3)18-21-25(35)32(8)15-14-28(4)12-13-29(5,26(36)38-9)19-23(28)30(32,6)16-17-33(21,31)37/h21-24,37H,10-19H2,1-9H3/t21-,22-,23-,24-,28+,29+,30+,31+,32+,33+/m0/s1. The van der Waals surface area contributed by atoms with E-state index in [-0.39, 0.29) is 51.9 Å². The van der Waals surface area contributed by atoms with Gasteiger partial charge in [-0.2, -0.15) is 0 Å². The Morgan fingerprint density at radius 1 is 0.846 bits per heavy atom. The molecule has 0 bridgehead atoms. The summed E-state index contributed by atoms with van der Waals surface area (Å²) in [5.41, 5.74) is -3.20. The van der Waals surface area contributed by atoms with Gasteiger partial charge in [-0.15, -0.1) is 0 Å². The van der Waals surface area contributed by atoms with E-state index in [1.807, 2.05) is 6.92 Å². The number of esters is 2. The van der Waals surface area contributed by atoms with Crippen LogP contribution >= 0.6 is 0 Å². The van der Waals surface area contributed by atoms with Crippen LogP contribution in [0.15, 0.2) is 0 Å². The summed E-state index contributed by atoms with van der Waals surface area (Å²) in [6, 6.07) is 0. The Balaban J connectivity index is 1.55. The van der Waals surface area contributed by atoms with Gasteiger partial charge in [0.15, 0.2) is 0 Å². The van der Waals surface area contributed by atoms with Crippen molar-refractivity contribution in [3.05, 3.63) is 0 Å². The molecule has 0 aromatic rings. The van der Waals surface area contributed by atoms with E-state index in [4.69, 9.17) is 9.47 Å². The largest absolute Gasteiger partial charge is 0.469 e. The number of hydrogen-bond acceptors (Lipinski definition) is 6. The highest BCUT2D eigenvalue weighted by Gasteiger charge is 2.74. The van der Waals surface area contributed by atoms with Crippen molar-refractivity contribution in [3.8, 4) is 0 Å². The fourth-order valence-electron chi connectivity index (χ4n) is 11.3. The molecule has 0 saturated heterocycles. The molecular formula is C33H52O6. The second-order valence-corrected chi connectivity index (χ2v) is 16.2. The SMILES string of the molecule is COC(=O)[C@]1(C)CC[C@]2(C)CC[C@]3(C)C(=O)[C@@H]4C[C@H]5C(C)(C)[C@@H](OC(C)=O)CC[C@@]5(C)[C@@]4(O)CC[C@]3(C)[C@H]2C1. The van der Waals surface area contributed by atoms with Crippen LogP contribution in [0.3, 0.4) is 0 Å². The number of carbonyl (C=O) groups excluding carboxylic acids is 3. The lowest BCUT2D eigenvalue weighted by Gasteiger charge is -2.64. The molecule has 0 spiro atoms. The molecule has 0 heterocycles. The monoisotopic (exact) mass is 544 g/mol. The minimum atomic E-state index is -1.09. The van der Waals surface area contributed by atoms with Crippen molar-refractivity contribution in [3.63, 3.8) is 0 Å². The number of Topliss-reactive ketones (excluding diaryl/α,β-unsaturated/α-hetero) is 1. The van der Waals surface area contributed by atoms with Crippen molar-refractivity contribution >= 4 is 17.7 Å². The number of aliphatic hydroxyl groups is 1. The van der Waals surface area contributed by atoms with Crippen molar-refractivity contribution in [2.75, 3.05) is 7.11 Å². The molecule has 1 N–H and O–H groups in total. The zero-order valence-corrected chi connectivity index (χ0v) is 25.9. The molecular weight excluding hydrogens is 492 g/mol. The van der Waals surface area contributed by atoms with Crippen LogP contribution < -0.4 is 0 Å². The first kappa shape index (κ1) is 29.1. The Morgan fingerprint density at radius 3 is 2.10 bits per heavy atom. The minimum absolute atomic E-state index is 0.0701. The number of ketones is 1. The van der Waals surface area contributed by atoms with Crippen LogP contribution in [0.2, 0.25) is 0 Å². The third-order valence-electron chi connectivity index (χ3n) is 14.3. The molecule has 0 amide bonds. The number of fused-ring (bicyclic) bond motifs is 6. The van der Waals surface area contributed by atoms with Gasteiger partial charge in [-0.3, -0.25) is 14.4 Å². The molecule has 0 radical (unpaired) electrons. The molecule has 5 rings (SSSR count). The summed E-state index contributed by atoms with van der Waals surface area (Å²) in [7, 11) is 1.48. The van der Waals surface area contributed by atoms with Crippen LogP contribution in [0.1, 0.15) is 120 Å². The van der Waals surface area contributed by atoms with E-state index in [1.54, 1.807) is 0 Å². The summed E-state index contributed by atoms with van der Waals surface area (Å²) in [4.78, 5) is 39.8. The Morgan fingerprint density at radius 2 is 1.49 bits per heavy atom. The van der Waals surface area contributed by atoms with Gasteiger partial charge in [0, 0.05) is 29.1 Å². The van der Waals surface area contributed by atoms with Gasteiger partial charge in [-0.25, -0.2) is 0 Å². The predicted molar refractivity (Wildman–Crippen MR) is 148 cm³/mol. The molecule has 5 saturated carbocycles. The quantitative estimate of drug-likeness (QED) is 0.412. The van der Waals surface area contributed by atoms with E-state index in [2.05, 4.69) is 41.5 Å². The van der Waals surface area contributed by atoms with Crippen LogP contribution in [0.25, 0.3) is 0 Å². The van der Waals surface area contributed by atoms with Crippen LogP contribution in [-0.4, -0.2) is 41.6 Å². The molecule has 5 aliphatic carbocycles. The molecule has 39 heavy (non-hydrogen) atoms. The second-order valence-electron chi connectivity index (χ2n) is 16.2. The smallest absolute Gasteiger partial charge is 0.311 e. The highest BCUT2D eigenvalue weighted by atomic mass is 16.5. The van der Waals surface area contributed by atoms with Crippen LogP contribution in [0.4, 0.5) is 0 Å². The Bertz CT molecular complexity index is 1080. The van der Waals surface area contributed by atoms with Gasteiger partial charge in [0.1, 0.15) is 11.9 Å². The van der Waals surface area contributed by atoms with Crippen molar-refractivity contribution in [2.24, 2.45) is 50.2 Å². The number of ether oxygens (including phenoxy) is 2. The molecule has 6 heteroatoms. The first-order valence-corrected chi connectivity index (χ1v) is 15.4. The summed E-state index contributed by atoms with van der Waals surface area (Å²) in [5.74, 6) is -0.312. The number of hydrogen-bond donors (Lipinski definition) is 1. The molecule has 6 nitrogen and oxygen atoms in total. The van der Waals surface area contributed by atoms with Crippen LogP contribution in [0, 0.1) is 50.2 Å². The first-order chi connectivity index (χ1) is 17.8. The summed E-state index contributed by atoms with van der Waals surface area (Å²) >= 11 is 0. The molecule has 0 aliphatic heterocycles. The van der Waals surface area contributed by atoms with Gasteiger partial charge in [0.2, 0.25) is 0 Å². The lowest BCUT2D eigenvalue weighted by atomic mass is 9.39. The summed E-state index contributed by atoms with van der Waals surface area (Å²) in [5, 5.41) is 12.8. The average Bonchev–Trinajstić information content (AvgIpc) is 3.07. The summed E-state index contributed by atoms with van der Waals surface area (Å²) in [6.07, 6.45) is 7.57. The van der Waals surface area contributed by atoms with E-state index in [9.17, 15) is 19.5 Å². The predicted octanol–water partition coefficient (Wildman–Crippen LogP) is 6.27. The molecule has 0 unspecified atom stereocenters. The lowest BCUT2D eigenvalue weighted by Crippen LogP contribution is -2.60.